The number of allylic oxidation sites excluding steroid dienone is 2. The van der Waals surface area contributed by atoms with Gasteiger partial charge in [0.2, 0.25) is 0 Å². The molecule has 7 aliphatic rings. The van der Waals surface area contributed by atoms with Gasteiger partial charge < -0.3 is 23.7 Å². The Bertz CT molecular complexity index is 3540. The third kappa shape index (κ3) is 17.1. The van der Waals surface area contributed by atoms with Gasteiger partial charge in [-0.25, -0.2) is 29.3 Å². The number of esters is 1. The Morgan fingerprint density at radius 3 is 1.51 bits per heavy atom. The Hall–Kier alpha value is -2.19. The topological polar surface area (TPSA) is 525 Å². The van der Waals surface area contributed by atoms with E-state index in [9.17, 15) is 95.6 Å². The summed E-state index contributed by atoms with van der Waals surface area (Å²) in [5.74, 6) is -1.70. The normalized spacial score (nSPS) is 39.5. The summed E-state index contributed by atoms with van der Waals surface area (Å²) in [4.78, 5) is 29.2. The lowest BCUT2D eigenvalue weighted by atomic mass is 9.33. The lowest BCUT2D eigenvalue weighted by Crippen LogP contribution is -2.68. The number of ether oxygens (including phenoxy) is 5. The minimum atomic E-state index is -6.19. The lowest BCUT2D eigenvalue weighted by Gasteiger charge is -2.70. The van der Waals surface area contributed by atoms with E-state index in [0.29, 0.717) is 32.3 Å². The van der Waals surface area contributed by atoms with E-state index in [1.165, 1.54) is 0 Å². The Kier molecular flexibility index (Phi) is 22.0. The molecule has 2 saturated heterocycles. The van der Waals surface area contributed by atoms with E-state index in [4.69, 9.17) is 32.1 Å². The zero-order valence-electron chi connectivity index (χ0n) is 49.9. The monoisotopic (exact) mass is 1440 g/mol. The van der Waals surface area contributed by atoms with Crippen LogP contribution < -0.4 is 0 Å². The van der Waals surface area contributed by atoms with Crippen molar-refractivity contribution >= 4 is 84.5 Å². The molecule has 0 aromatic heterocycles. The summed E-state index contributed by atoms with van der Waals surface area (Å²) in [6.07, 6.45) is -21.4. The molecule has 0 amide bonds. The fourth-order valence-electron chi connectivity index (χ4n) is 15.7. The molecule has 7 N–H and O–H groups in total. The Morgan fingerprint density at radius 1 is 0.544 bits per heavy atom. The van der Waals surface area contributed by atoms with Gasteiger partial charge in [0.05, 0.1) is 31.3 Å². The summed E-state index contributed by atoms with van der Waals surface area (Å²) in [6, 6.07) is 0. The minimum Gasteiger partial charge on any atom is -0.465 e. The van der Waals surface area contributed by atoms with Gasteiger partial charge in [-0.15, -0.1) is 0 Å². The fraction of sp³-hybridized carbons (Fsp3) is 0.917. The highest BCUT2D eigenvalue weighted by molar-refractivity contribution is 7.82. The summed E-state index contributed by atoms with van der Waals surface area (Å²) >= 11 is 0. The van der Waals surface area contributed by atoms with Gasteiger partial charge in [0.1, 0.15) is 36.6 Å². The first-order valence-corrected chi connectivity index (χ1v) is 37.9. The number of ketones is 1. The molecule has 0 bridgehead atoms. The molecule has 42 heteroatoms. The summed E-state index contributed by atoms with van der Waals surface area (Å²) < 4.78 is 302. The molecular formula is C48H78O35S7. The second-order valence-corrected chi connectivity index (χ2v) is 33.4. The van der Waals surface area contributed by atoms with Crippen LogP contribution in [0, 0.1) is 50.2 Å². The smallest absolute Gasteiger partial charge is 0.397 e. The van der Waals surface area contributed by atoms with Gasteiger partial charge in [-0.2, -0.15) is 58.9 Å². The molecule has 19 atom stereocenters. The summed E-state index contributed by atoms with van der Waals surface area (Å²) in [6.45, 7) is 12.6. The highest BCUT2D eigenvalue weighted by Gasteiger charge is 2.71. The molecule has 4 saturated carbocycles. The van der Waals surface area contributed by atoms with E-state index >= 15 is 4.79 Å². The van der Waals surface area contributed by atoms with E-state index < -0.39 is 192 Å². The highest BCUT2D eigenvalue weighted by atomic mass is 32.3. The number of rotatable bonds is 26. The Morgan fingerprint density at radius 2 is 1.01 bits per heavy atom. The van der Waals surface area contributed by atoms with Crippen LogP contribution in [0.15, 0.2) is 11.6 Å². The molecular weight excluding hydrogens is 1360 g/mol. The zero-order chi connectivity index (χ0) is 67.8. The number of carbonyl (C=O) groups excluding carboxylic acids is 2. The quantitative estimate of drug-likeness (QED) is 0.0283. The SMILES string of the molecule is CCCCCCOC(=O)[C@@]1(C)CC[C@]2(C)CC[C@]3(C)C(=CC(=O)C4[C@@]5(C)CC[C@H](O[C@@H]6O[C@H](COS(=O)(=O)O)[C@@H](O[C@H]7O[C@H](COS(=O)(=O)O)[C@H](OS(=O)(=O)O)[C@H](OS(=O)(=O)O)[C@H]7OS(=O)(=O)O)[C@H](OS(=O)(=O)O)[C@H]6OS(=O)(=O)O)C(C)(C)C5CC[C@]43C)C2C1. The van der Waals surface area contributed by atoms with Crippen molar-refractivity contribution in [2.75, 3.05) is 19.8 Å². The van der Waals surface area contributed by atoms with E-state index in [2.05, 4.69) is 48.6 Å². The maximum Gasteiger partial charge on any atom is 0.397 e. The number of hydrogen-bond acceptors (Lipinski definition) is 28. The molecule has 2 aliphatic heterocycles. The maximum atomic E-state index is 15.3. The largest absolute Gasteiger partial charge is 0.465 e. The van der Waals surface area contributed by atoms with E-state index in [1.54, 1.807) is 19.9 Å². The van der Waals surface area contributed by atoms with Crippen molar-refractivity contribution in [3.8, 4) is 0 Å². The van der Waals surface area contributed by atoms with Crippen LogP contribution in [0.2, 0.25) is 0 Å². The van der Waals surface area contributed by atoms with Gasteiger partial charge in [0, 0.05) is 5.92 Å². The molecule has 3 unspecified atom stereocenters. The van der Waals surface area contributed by atoms with Crippen molar-refractivity contribution in [2.45, 2.75) is 206 Å². The van der Waals surface area contributed by atoms with Crippen LogP contribution >= 0.6 is 0 Å². The van der Waals surface area contributed by atoms with Crippen molar-refractivity contribution in [1.82, 2.24) is 0 Å². The van der Waals surface area contributed by atoms with E-state index in [-0.39, 0.29) is 35.9 Å². The molecule has 90 heavy (non-hydrogen) atoms. The van der Waals surface area contributed by atoms with Crippen LogP contribution in [-0.2, 0) is 135 Å². The Labute approximate surface area is 523 Å². The average molecular weight is 1440 g/mol. The van der Waals surface area contributed by atoms with Crippen LogP contribution in [0.3, 0.4) is 0 Å². The molecule has 5 aliphatic carbocycles. The second-order valence-electron chi connectivity index (χ2n) is 26.0. The summed E-state index contributed by atoms with van der Waals surface area (Å²) in [5.41, 5.74) is -3.35. The van der Waals surface area contributed by atoms with Crippen molar-refractivity contribution in [1.29, 1.82) is 0 Å². The number of fused-ring (bicyclic) bond motifs is 7. The van der Waals surface area contributed by atoms with Gasteiger partial charge >= 0.3 is 78.8 Å². The van der Waals surface area contributed by atoms with Gasteiger partial charge in [-0.1, -0.05) is 73.3 Å². The molecule has 0 radical (unpaired) electrons. The first-order chi connectivity index (χ1) is 40.8. The van der Waals surface area contributed by atoms with Gasteiger partial charge in [0.15, 0.2) is 30.6 Å². The number of hydrogen-bond donors (Lipinski definition) is 7. The van der Waals surface area contributed by atoms with Crippen LogP contribution in [0.5, 0.6) is 0 Å². The summed E-state index contributed by atoms with van der Waals surface area (Å²) in [7, 11) is -42.0. The van der Waals surface area contributed by atoms with E-state index in [0.717, 1.165) is 50.5 Å². The third-order valence-electron chi connectivity index (χ3n) is 19.9. The van der Waals surface area contributed by atoms with Gasteiger partial charge in [0.25, 0.3) is 0 Å². The second kappa shape index (κ2) is 26.3. The van der Waals surface area contributed by atoms with E-state index in [1.807, 2.05) is 13.8 Å². The standard InChI is InChI=1S/C48H78O35S7/c1-9-10-11-12-21-72-42(50)45(5)18-17-44(4)19-20-47(7)26(27(44)23-45)22-28(49)39-46(6)15-14-32(43(2,3)31(46)13-16-48(39,47)8)77-40-37(82-89(66,67)68)35(80-87(60,61)62)33(29(75-40)24-73-84(51,52)53)78-41-38(83-90(69,70)71)36(81-88(63,64)65)34(79-86(57,58)59)30(76-41)25-74-85(54,55)56/h22,27,29-41H,9-21,23-25H2,1-8H3,(H,51,52,53)(H,54,55,56)(H,57,58,59)(H,60,61,62)(H,63,64,65)(H,66,67,68)(H,69,70,71)/t27?,29-,30-,31?,32+,33-,34+,35+,36+,37-,38-,39?,40+,41-,44-,45+,46+,47-,48-/m1/s1. The van der Waals surface area contributed by atoms with Gasteiger partial charge in [-0.3, -0.25) is 41.5 Å². The van der Waals surface area contributed by atoms with Crippen LogP contribution in [-0.4, -0.2) is 190 Å². The van der Waals surface area contributed by atoms with Crippen molar-refractivity contribution < 1.29 is 153 Å². The average Bonchev–Trinajstić information content (AvgIpc) is 0.702. The van der Waals surface area contributed by atoms with Crippen molar-refractivity contribution in [2.24, 2.45) is 50.2 Å². The van der Waals surface area contributed by atoms with Crippen LogP contribution in [0.1, 0.15) is 139 Å². The van der Waals surface area contributed by atoms with Crippen molar-refractivity contribution in [3.05, 3.63) is 11.6 Å². The third-order valence-corrected chi connectivity index (χ3v) is 23.1. The lowest BCUT2D eigenvalue weighted by molar-refractivity contribution is -0.358. The predicted molar refractivity (Wildman–Crippen MR) is 299 cm³/mol. The molecule has 7 rings (SSSR count). The zero-order valence-corrected chi connectivity index (χ0v) is 55.6. The van der Waals surface area contributed by atoms with Crippen LogP contribution in [0.25, 0.3) is 0 Å². The fourth-order valence-corrected chi connectivity index (χ4v) is 18.8. The molecule has 0 spiro atoms. The van der Waals surface area contributed by atoms with Gasteiger partial charge in [-0.05, 0) is 116 Å². The molecule has 2 heterocycles. The molecule has 0 aromatic rings. The molecule has 6 fully saturated rings. The summed E-state index contributed by atoms with van der Waals surface area (Å²) in [5, 5.41) is 0. The first-order valence-electron chi connectivity index (χ1n) is 28.3. The van der Waals surface area contributed by atoms with Crippen molar-refractivity contribution in [3.63, 3.8) is 0 Å². The van der Waals surface area contributed by atoms with Crippen LogP contribution in [0.4, 0.5) is 0 Å². The minimum absolute atomic E-state index is 0.0688. The molecule has 0 aromatic carbocycles. The predicted octanol–water partition coefficient (Wildman–Crippen LogP) is 2.89. The maximum absolute atomic E-state index is 15.3. The first kappa shape index (κ1) is 75.2. The number of carbonyl (C=O) groups is 2. The number of unbranched alkanes of at least 4 members (excludes halogenated alkanes) is 3. The highest BCUT2D eigenvalue weighted by Crippen LogP contribution is 2.75. The molecule has 522 valence electrons. The Balaban J connectivity index is 1.27. The molecule has 35 nitrogen and oxygen atoms in total.